The number of benzene rings is 2. The van der Waals surface area contributed by atoms with Gasteiger partial charge in [-0.2, -0.15) is 0 Å². The maximum Gasteiger partial charge on any atom is 0.0781 e. The van der Waals surface area contributed by atoms with Crippen LogP contribution in [0.1, 0.15) is 0 Å². The number of hydrogen-bond acceptors (Lipinski definition) is 2. The van der Waals surface area contributed by atoms with E-state index in [0.29, 0.717) is 0 Å². The van der Waals surface area contributed by atoms with E-state index in [1.54, 1.807) is 0 Å². The van der Waals surface area contributed by atoms with Crippen LogP contribution in [-0.2, 0) is 0 Å². The van der Waals surface area contributed by atoms with Gasteiger partial charge in [0.2, 0.25) is 0 Å². The number of hydrogen-bond donors (Lipinski definition) is 1. The lowest BCUT2D eigenvalue weighted by Crippen LogP contribution is -1.94. The molecule has 20 heavy (non-hydrogen) atoms. The van der Waals surface area contributed by atoms with E-state index in [9.17, 15) is 0 Å². The van der Waals surface area contributed by atoms with Gasteiger partial charge in [0.15, 0.2) is 0 Å². The molecule has 0 radical (unpaired) electrons. The number of pyridine rings is 1. The molecule has 3 rings (SSSR count). The SMILES string of the molecule is CNc1cnc(-c2ccccc2)c(-c2ccccc2)c1. The maximum absolute atomic E-state index is 4.63. The summed E-state index contributed by atoms with van der Waals surface area (Å²) in [6.07, 6.45) is 1.87. The molecule has 0 saturated heterocycles. The Morgan fingerprint density at radius 3 is 2.00 bits per heavy atom. The highest BCUT2D eigenvalue weighted by molar-refractivity contribution is 5.82. The van der Waals surface area contributed by atoms with E-state index in [-0.39, 0.29) is 0 Å². The minimum Gasteiger partial charge on any atom is -0.387 e. The van der Waals surface area contributed by atoms with Crippen LogP contribution >= 0.6 is 0 Å². The minimum absolute atomic E-state index is 1.01. The molecule has 0 unspecified atom stereocenters. The predicted molar refractivity (Wildman–Crippen MR) is 84.7 cm³/mol. The van der Waals surface area contributed by atoms with E-state index < -0.39 is 0 Å². The molecule has 0 fully saturated rings. The summed E-state index contributed by atoms with van der Waals surface area (Å²) < 4.78 is 0. The van der Waals surface area contributed by atoms with Gasteiger partial charge in [-0.05, 0) is 11.6 Å². The average molecular weight is 260 g/mol. The first-order valence-electron chi connectivity index (χ1n) is 6.67. The van der Waals surface area contributed by atoms with E-state index >= 15 is 0 Å². The van der Waals surface area contributed by atoms with Crippen molar-refractivity contribution in [2.24, 2.45) is 0 Å². The zero-order valence-electron chi connectivity index (χ0n) is 11.4. The Labute approximate surface area is 119 Å². The van der Waals surface area contributed by atoms with Crippen LogP contribution in [-0.4, -0.2) is 12.0 Å². The Morgan fingerprint density at radius 2 is 1.40 bits per heavy atom. The summed E-state index contributed by atoms with van der Waals surface area (Å²) in [6, 6.07) is 22.8. The van der Waals surface area contributed by atoms with Crippen LogP contribution in [0.25, 0.3) is 22.4 Å². The number of aromatic nitrogens is 1. The summed E-state index contributed by atoms with van der Waals surface area (Å²) in [5.41, 5.74) is 5.48. The summed E-state index contributed by atoms with van der Waals surface area (Å²) in [5.74, 6) is 0. The van der Waals surface area contributed by atoms with Gasteiger partial charge in [0.05, 0.1) is 17.6 Å². The number of nitrogens with one attached hydrogen (secondary N) is 1. The van der Waals surface area contributed by atoms with E-state index in [1.165, 1.54) is 5.56 Å². The summed E-state index contributed by atoms with van der Waals surface area (Å²) in [6.45, 7) is 0. The first-order chi connectivity index (χ1) is 9.88. The molecule has 0 aliphatic carbocycles. The Balaban J connectivity index is 2.20. The van der Waals surface area contributed by atoms with E-state index in [4.69, 9.17) is 0 Å². The van der Waals surface area contributed by atoms with Gasteiger partial charge >= 0.3 is 0 Å². The molecule has 3 aromatic rings. The van der Waals surface area contributed by atoms with Crippen molar-refractivity contribution < 1.29 is 0 Å². The molecular weight excluding hydrogens is 244 g/mol. The third kappa shape index (κ3) is 2.41. The molecule has 2 aromatic carbocycles. The summed E-state index contributed by atoms with van der Waals surface area (Å²) in [7, 11) is 1.91. The second-order valence-electron chi connectivity index (χ2n) is 4.60. The van der Waals surface area contributed by atoms with Gasteiger partial charge in [0, 0.05) is 18.2 Å². The van der Waals surface area contributed by atoms with Crippen molar-refractivity contribution in [2.45, 2.75) is 0 Å². The Bertz CT molecular complexity index is 691. The van der Waals surface area contributed by atoms with Crippen molar-refractivity contribution in [3.63, 3.8) is 0 Å². The number of anilines is 1. The lowest BCUT2D eigenvalue weighted by molar-refractivity contribution is 1.31. The van der Waals surface area contributed by atoms with E-state index in [0.717, 1.165) is 22.5 Å². The fourth-order valence-corrected chi connectivity index (χ4v) is 2.27. The third-order valence-corrected chi connectivity index (χ3v) is 3.31. The van der Waals surface area contributed by atoms with Crippen molar-refractivity contribution in [3.05, 3.63) is 72.9 Å². The molecule has 0 spiro atoms. The molecule has 2 nitrogen and oxygen atoms in total. The predicted octanol–water partition coefficient (Wildman–Crippen LogP) is 4.46. The highest BCUT2D eigenvalue weighted by Gasteiger charge is 2.09. The van der Waals surface area contributed by atoms with Gasteiger partial charge in [-0.1, -0.05) is 60.7 Å². The lowest BCUT2D eigenvalue weighted by atomic mass is 9.99. The van der Waals surface area contributed by atoms with Crippen molar-refractivity contribution in [1.29, 1.82) is 0 Å². The topological polar surface area (TPSA) is 24.9 Å². The molecule has 1 aromatic heterocycles. The highest BCUT2D eigenvalue weighted by atomic mass is 14.8. The first kappa shape index (κ1) is 12.4. The quantitative estimate of drug-likeness (QED) is 0.752. The molecular formula is C18H16N2. The first-order valence-corrected chi connectivity index (χ1v) is 6.67. The molecule has 2 heteroatoms. The van der Waals surface area contributed by atoms with Crippen LogP contribution < -0.4 is 5.32 Å². The van der Waals surface area contributed by atoms with E-state index in [1.807, 2.05) is 37.5 Å². The summed E-state index contributed by atoms with van der Waals surface area (Å²) in [4.78, 5) is 4.63. The van der Waals surface area contributed by atoms with Crippen molar-refractivity contribution >= 4 is 5.69 Å². The van der Waals surface area contributed by atoms with Gasteiger partial charge in [-0.3, -0.25) is 4.98 Å². The molecule has 0 atom stereocenters. The van der Waals surface area contributed by atoms with Crippen molar-refractivity contribution in [3.8, 4) is 22.4 Å². The van der Waals surface area contributed by atoms with Gasteiger partial charge in [0.25, 0.3) is 0 Å². The second-order valence-corrected chi connectivity index (χ2v) is 4.60. The average Bonchev–Trinajstić information content (AvgIpc) is 2.56. The van der Waals surface area contributed by atoms with Crippen molar-refractivity contribution in [2.75, 3.05) is 12.4 Å². The normalized spacial score (nSPS) is 10.2. The van der Waals surface area contributed by atoms with Crippen LogP contribution in [0.3, 0.4) is 0 Å². The summed E-state index contributed by atoms with van der Waals surface area (Å²) >= 11 is 0. The van der Waals surface area contributed by atoms with Gasteiger partial charge in [-0.25, -0.2) is 0 Å². The van der Waals surface area contributed by atoms with Crippen LogP contribution in [0, 0.1) is 0 Å². The van der Waals surface area contributed by atoms with Gasteiger partial charge in [0.1, 0.15) is 0 Å². The zero-order valence-corrected chi connectivity index (χ0v) is 11.4. The molecule has 98 valence electrons. The molecule has 1 N–H and O–H groups in total. The maximum atomic E-state index is 4.63. The third-order valence-electron chi connectivity index (χ3n) is 3.31. The monoisotopic (exact) mass is 260 g/mol. The van der Waals surface area contributed by atoms with Crippen LogP contribution in [0.5, 0.6) is 0 Å². The fourth-order valence-electron chi connectivity index (χ4n) is 2.27. The Kier molecular flexibility index (Phi) is 3.46. The Hall–Kier alpha value is -2.61. The van der Waals surface area contributed by atoms with Gasteiger partial charge < -0.3 is 5.32 Å². The molecule has 1 heterocycles. The number of rotatable bonds is 3. The number of nitrogens with zero attached hydrogens (tertiary/aromatic N) is 1. The van der Waals surface area contributed by atoms with Gasteiger partial charge in [-0.15, -0.1) is 0 Å². The Morgan fingerprint density at radius 1 is 0.800 bits per heavy atom. The van der Waals surface area contributed by atoms with Crippen LogP contribution in [0.15, 0.2) is 72.9 Å². The fraction of sp³-hybridized carbons (Fsp3) is 0.0556. The standard InChI is InChI=1S/C18H16N2/c1-19-16-12-17(14-8-4-2-5-9-14)18(20-13-16)15-10-6-3-7-11-15/h2-13,19H,1H3. The summed E-state index contributed by atoms with van der Waals surface area (Å²) in [5, 5.41) is 3.15. The smallest absolute Gasteiger partial charge is 0.0781 e. The second kappa shape index (κ2) is 5.57. The molecule has 0 aliphatic heterocycles. The molecule has 0 saturated carbocycles. The molecule has 0 bridgehead atoms. The van der Waals surface area contributed by atoms with Crippen LogP contribution in [0.2, 0.25) is 0 Å². The lowest BCUT2D eigenvalue weighted by Gasteiger charge is -2.11. The zero-order chi connectivity index (χ0) is 13.8. The minimum atomic E-state index is 1.01. The van der Waals surface area contributed by atoms with Crippen molar-refractivity contribution in [1.82, 2.24) is 4.98 Å². The largest absolute Gasteiger partial charge is 0.387 e. The highest BCUT2D eigenvalue weighted by Crippen LogP contribution is 2.31. The van der Waals surface area contributed by atoms with Crippen LogP contribution in [0.4, 0.5) is 5.69 Å². The molecule has 0 aliphatic rings. The van der Waals surface area contributed by atoms with E-state index in [2.05, 4.69) is 52.8 Å². The molecule has 0 amide bonds.